The fraction of sp³-hybridized carbons (Fsp3) is 0.391. The summed E-state index contributed by atoms with van der Waals surface area (Å²) in [6, 6.07) is 8.91. The van der Waals surface area contributed by atoms with Crippen LogP contribution in [0.2, 0.25) is 0 Å². The molecule has 1 unspecified atom stereocenters. The molecule has 0 spiro atoms. The highest BCUT2D eigenvalue weighted by Gasteiger charge is 2.18. The molecule has 1 atom stereocenters. The van der Waals surface area contributed by atoms with Crippen molar-refractivity contribution < 1.29 is 23.8 Å². The third-order valence-electron chi connectivity index (χ3n) is 4.97. The van der Waals surface area contributed by atoms with Gasteiger partial charge in [0.25, 0.3) is 0 Å². The van der Waals surface area contributed by atoms with Crippen LogP contribution in [0.25, 0.3) is 0 Å². The van der Waals surface area contributed by atoms with E-state index in [2.05, 4.69) is 5.32 Å². The maximum atomic E-state index is 12.4. The zero-order chi connectivity index (χ0) is 21.6. The molecule has 0 radical (unpaired) electrons. The number of ketones is 1. The van der Waals surface area contributed by atoms with E-state index in [1.54, 1.807) is 32.4 Å². The highest BCUT2D eigenvalue weighted by Crippen LogP contribution is 2.39. The number of benzene rings is 2. The largest absolute Gasteiger partial charge is 0.493 e. The number of carbonyl (C=O) groups excluding carboxylic acids is 2. The van der Waals surface area contributed by atoms with Crippen molar-refractivity contribution in [3.8, 4) is 17.2 Å². The van der Waals surface area contributed by atoms with Crippen LogP contribution >= 0.6 is 0 Å². The molecule has 2 aromatic rings. The molecule has 1 amide bonds. The number of hydrogen-bond donors (Lipinski definition) is 1. The number of aryl methyl sites for hydroxylation is 2. The van der Waals surface area contributed by atoms with Crippen LogP contribution in [0.3, 0.4) is 0 Å². The van der Waals surface area contributed by atoms with Crippen LogP contribution in [0.4, 0.5) is 0 Å². The minimum absolute atomic E-state index is 0.0383. The fourth-order valence-corrected chi connectivity index (χ4v) is 3.03. The highest BCUT2D eigenvalue weighted by atomic mass is 16.5. The molecule has 6 heteroatoms. The van der Waals surface area contributed by atoms with Crippen LogP contribution < -0.4 is 19.5 Å². The van der Waals surface area contributed by atoms with Crippen LogP contribution in [-0.2, 0) is 4.79 Å². The van der Waals surface area contributed by atoms with Gasteiger partial charge in [0.15, 0.2) is 17.3 Å². The van der Waals surface area contributed by atoms with Gasteiger partial charge < -0.3 is 19.5 Å². The minimum Gasteiger partial charge on any atom is -0.493 e. The normalized spacial score (nSPS) is 11.5. The van der Waals surface area contributed by atoms with E-state index >= 15 is 0 Å². The van der Waals surface area contributed by atoms with Crippen LogP contribution in [0.5, 0.6) is 17.2 Å². The fourth-order valence-electron chi connectivity index (χ4n) is 3.03. The second kappa shape index (κ2) is 9.96. The van der Waals surface area contributed by atoms with Gasteiger partial charge in [-0.15, -0.1) is 0 Å². The minimum atomic E-state index is -0.284. The summed E-state index contributed by atoms with van der Waals surface area (Å²) in [6.07, 6.45) is 0.289. The van der Waals surface area contributed by atoms with E-state index in [1.165, 1.54) is 7.11 Å². The van der Waals surface area contributed by atoms with Crippen molar-refractivity contribution >= 4 is 11.7 Å². The maximum Gasteiger partial charge on any atom is 0.220 e. The van der Waals surface area contributed by atoms with E-state index < -0.39 is 0 Å². The summed E-state index contributed by atoms with van der Waals surface area (Å²) in [5.74, 6) is 1.31. The molecule has 2 aromatic carbocycles. The molecule has 0 aliphatic carbocycles. The topological polar surface area (TPSA) is 73.9 Å². The molecule has 0 saturated heterocycles. The Labute approximate surface area is 172 Å². The van der Waals surface area contributed by atoms with E-state index in [-0.39, 0.29) is 30.6 Å². The number of amides is 1. The van der Waals surface area contributed by atoms with E-state index in [0.717, 1.165) is 16.7 Å². The molecule has 0 saturated carbocycles. The van der Waals surface area contributed by atoms with E-state index in [4.69, 9.17) is 14.2 Å². The Bertz CT molecular complexity index is 866. The molecular weight excluding hydrogens is 370 g/mol. The number of hydrogen-bond acceptors (Lipinski definition) is 5. The Hall–Kier alpha value is -3.02. The Morgan fingerprint density at radius 2 is 1.52 bits per heavy atom. The summed E-state index contributed by atoms with van der Waals surface area (Å²) in [6.45, 7) is 5.84. The lowest BCUT2D eigenvalue weighted by molar-refractivity contribution is -0.121. The Balaban J connectivity index is 2.01. The van der Waals surface area contributed by atoms with Crippen molar-refractivity contribution in [2.45, 2.75) is 39.7 Å². The second-order valence-corrected chi connectivity index (χ2v) is 6.97. The Kier molecular flexibility index (Phi) is 7.65. The van der Waals surface area contributed by atoms with Crippen molar-refractivity contribution in [2.75, 3.05) is 21.3 Å². The average Bonchev–Trinajstić information content (AvgIpc) is 2.72. The molecule has 2 rings (SSSR count). The second-order valence-electron chi connectivity index (χ2n) is 6.97. The Morgan fingerprint density at radius 1 is 0.897 bits per heavy atom. The molecule has 6 nitrogen and oxygen atoms in total. The predicted octanol–water partition coefficient (Wildman–Crippen LogP) is 4.17. The number of rotatable bonds is 9. The SMILES string of the molecule is COc1cc(C(C)NC(=O)CCC(=O)c2ccc(C)c(C)c2)cc(OC)c1OC. The molecule has 0 heterocycles. The van der Waals surface area contributed by atoms with Crippen LogP contribution in [0.1, 0.15) is 52.9 Å². The predicted molar refractivity (Wildman–Crippen MR) is 112 cm³/mol. The molecule has 156 valence electrons. The van der Waals surface area contributed by atoms with Crippen LogP contribution in [-0.4, -0.2) is 33.0 Å². The third kappa shape index (κ3) is 5.50. The number of Topliss-reactive ketones (excluding diaryl/α,β-unsaturated/α-hetero) is 1. The van der Waals surface area contributed by atoms with Gasteiger partial charge in [-0.1, -0.05) is 12.1 Å². The first kappa shape index (κ1) is 22.3. The first-order valence-electron chi connectivity index (χ1n) is 9.50. The summed E-state index contributed by atoms with van der Waals surface area (Å²) in [4.78, 5) is 24.7. The monoisotopic (exact) mass is 399 g/mol. The lowest BCUT2D eigenvalue weighted by Crippen LogP contribution is -2.27. The first-order chi connectivity index (χ1) is 13.8. The van der Waals surface area contributed by atoms with E-state index in [9.17, 15) is 9.59 Å². The molecule has 0 bridgehead atoms. The van der Waals surface area contributed by atoms with Crippen molar-refractivity contribution in [3.05, 3.63) is 52.6 Å². The maximum absolute atomic E-state index is 12.4. The molecule has 0 fully saturated rings. The van der Waals surface area contributed by atoms with Crippen molar-refractivity contribution in [1.82, 2.24) is 5.32 Å². The third-order valence-corrected chi connectivity index (χ3v) is 4.97. The van der Waals surface area contributed by atoms with Crippen LogP contribution in [0, 0.1) is 13.8 Å². The lowest BCUT2D eigenvalue weighted by Gasteiger charge is -2.18. The molecule has 0 aliphatic rings. The molecule has 29 heavy (non-hydrogen) atoms. The number of nitrogens with one attached hydrogen (secondary N) is 1. The first-order valence-corrected chi connectivity index (χ1v) is 9.50. The summed E-state index contributed by atoms with van der Waals surface area (Å²) in [5, 5.41) is 2.92. The van der Waals surface area contributed by atoms with Crippen molar-refractivity contribution in [3.63, 3.8) is 0 Å². The quantitative estimate of drug-likeness (QED) is 0.641. The summed E-state index contributed by atoms with van der Waals surface area (Å²) < 4.78 is 16.0. The number of ether oxygens (including phenoxy) is 3. The summed E-state index contributed by atoms with van der Waals surface area (Å²) in [5.41, 5.74) is 3.65. The molecular formula is C23H29NO5. The van der Waals surface area contributed by atoms with Gasteiger partial charge >= 0.3 is 0 Å². The highest BCUT2D eigenvalue weighted by molar-refractivity contribution is 5.98. The zero-order valence-electron chi connectivity index (χ0n) is 17.9. The van der Waals surface area contributed by atoms with Gasteiger partial charge in [0.1, 0.15) is 0 Å². The van der Waals surface area contributed by atoms with Gasteiger partial charge in [0, 0.05) is 18.4 Å². The Morgan fingerprint density at radius 3 is 2.03 bits per heavy atom. The van der Waals surface area contributed by atoms with Gasteiger partial charge in [-0.3, -0.25) is 9.59 Å². The molecule has 0 aliphatic heterocycles. The zero-order valence-corrected chi connectivity index (χ0v) is 17.9. The van der Waals surface area contributed by atoms with Gasteiger partial charge in [0.05, 0.1) is 27.4 Å². The molecule has 1 N–H and O–H groups in total. The van der Waals surface area contributed by atoms with E-state index in [1.807, 2.05) is 32.9 Å². The lowest BCUT2D eigenvalue weighted by atomic mass is 10.0. The van der Waals surface area contributed by atoms with Crippen LogP contribution in [0.15, 0.2) is 30.3 Å². The van der Waals surface area contributed by atoms with Gasteiger partial charge in [-0.05, 0) is 55.7 Å². The number of methoxy groups -OCH3 is 3. The van der Waals surface area contributed by atoms with Gasteiger partial charge in [-0.25, -0.2) is 0 Å². The van der Waals surface area contributed by atoms with Crippen molar-refractivity contribution in [2.24, 2.45) is 0 Å². The summed E-state index contributed by atoms with van der Waals surface area (Å²) >= 11 is 0. The van der Waals surface area contributed by atoms with Gasteiger partial charge in [0.2, 0.25) is 11.7 Å². The smallest absolute Gasteiger partial charge is 0.220 e. The van der Waals surface area contributed by atoms with E-state index in [0.29, 0.717) is 22.8 Å². The van der Waals surface area contributed by atoms with Gasteiger partial charge in [-0.2, -0.15) is 0 Å². The number of carbonyl (C=O) groups is 2. The standard InChI is InChI=1S/C23H29NO5/c1-14-7-8-17(11-15(14)2)19(25)9-10-22(26)24-16(3)18-12-20(27-4)23(29-6)21(13-18)28-5/h7-8,11-13,16H,9-10H2,1-6H3,(H,24,26). The van der Waals surface area contributed by atoms with Crippen molar-refractivity contribution in [1.29, 1.82) is 0 Å². The summed E-state index contributed by atoms with van der Waals surface area (Å²) in [7, 11) is 4.63. The average molecular weight is 399 g/mol. The molecule has 0 aromatic heterocycles.